The van der Waals surface area contributed by atoms with Gasteiger partial charge in [-0.15, -0.1) is 0 Å². The van der Waals surface area contributed by atoms with Gasteiger partial charge in [0.2, 0.25) is 0 Å². The first kappa shape index (κ1) is 19.8. The van der Waals surface area contributed by atoms with E-state index in [1.165, 1.54) is 0 Å². The van der Waals surface area contributed by atoms with E-state index in [0.29, 0.717) is 12.0 Å². The van der Waals surface area contributed by atoms with Gasteiger partial charge in [0.15, 0.2) is 0 Å². The molecule has 138 valence electrons. The molecule has 2 aromatic rings. The number of aldehydes is 1. The van der Waals surface area contributed by atoms with Crippen molar-refractivity contribution in [2.45, 2.75) is 19.3 Å². The van der Waals surface area contributed by atoms with E-state index in [1.54, 1.807) is 31.2 Å². The van der Waals surface area contributed by atoms with Crippen LogP contribution in [0.25, 0.3) is 0 Å². The summed E-state index contributed by atoms with van der Waals surface area (Å²) < 4.78 is 22.0. The Hall–Kier alpha value is -2.54. The van der Waals surface area contributed by atoms with Gasteiger partial charge in [-0.3, -0.25) is 0 Å². The van der Waals surface area contributed by atoms with Crippen LogP contribution in [0.1, 0.15) is 12.5 Å². The van der Waals surface area contributed by atoms with E-state index in [1.807, 2.05) is 36.4 Å². The van der Waals surface area contributed by atoms with Gasteiger partial charge in [-0.05, 0) is 24.6 Å². The van der Waals surface area contributed by atoms with Crippen molar-refractivity contribution < 1.29 is 28.5 Å². The third-order valence-corrected chi connectivity index (χ3v) is 3.44. The van der Waals surface area contributed by atoms with Crippen molar-refractivity contribution in [2.75, 3.05) is 19.8 Å². The van der Waals surface area contributed by atoms with E-state index in [-0.39, 0.29) is 26.4 Å². The van der Waals surface area contributed by atoms with Crippen LogP contribution in [0.15, 0.2) is 60.7 Å². The number of benzene rings is 2. The Morgan fingerprint density at radius 2 is 1.65 bits per heavy atom. The van der Waals surface area contributed by atoms with Crippen molar-refractivity contribution in [1.82, 2.24) is 0 Å². The minimum Gasteiger partial charge on any atom is -0.422 e. The normalized spacial score (nSPS) is 13.0. The molecule has 0 saturated carbocycles. The highest BCUT2D eigenvalue weighted by atomic mass is 16.7. The van der Waals surface area contributed by atoms with E-state index in [0.717, 1.165) is 5.56 Å². The van der Waals surface area contributed by atoms with Crippen molar-refractivity contribution in [2.24, 2.45) is 0 Å². The molecule has 0 spiro atoms. The van der Waals surface area contributed by atoms with Crippen LogP contribution < -0.4 is 4.74 Å². The summed E-state index contributed by atoms with van der Waals surface area (Å²) >= 11 is 0. The van der Waals surface area contributed by atoms with Crippen LogP contribution in [0.2, 0.25) is 0 Å². The molecule has 0 aromatic heterocycles. The molecule has 0 amide bonds. The Labute approximate surface area is 152 Å². The average Bonchev–Trinajstić information content (AvgIpc) is 2.68. The topological polar surface area (TPSA) is 71.1 Å². The second-order valence-electron chi connectivity index (χ2n) is 5.34. The van der Waals surface area contributed by atoms with Gasteiger partial charge < -0.3 is 23.7 Å². The van der Waals surface area contributed by atoms with Crippen LogP contribution in [0.5, 0.6) is 5.75 Å². The molecule has 2 rings (SSSR count). The Morgan fingerprint density at radius 1 is 1.00 bits per heavy atom. The number of hydrogen-bond acceptors (Lipinski definition) is 6. The highest BCUT2D eigenvalue weighted by Gasteiger charge is 2.44. The summed E-state index contributed by atoms with van der Waals surface area (Å²) in [5, 5.41) is 0. The zero-order valence-electron chi connectivity index (χ0n) is 14.6. The zero-order chi connectivity index (χ0) is 18.7. The van der Waals surface area contributed by atoms with E-state index in [2.05, 4.69) is 0 Å². The largest absolute Gasteiger partial charge is 0.422 e. The predicted molar refractivity (Wildman–Crippen MR) is 94.5 cm³/mol. The molecular weight excluding hydrogens is 336 g/mol. The van der Waals surface area contributed by atoms with E-state index in [4.69, 9.17) is 18.9 Å². The van der Waals surface area contributed by atoms with Crippen LogP contribution >= 0.6 is 0 Å². The van der Waals surface area contributed by atoms with Crippen molar-refractivity contribution in [1.29, 1.82) is 0 Å². The fourth-order valence-electron chi connectivity index (χ4n) is 2.22. The van der Waals surface area contributed by atoms with Crippen LogP contribution in [0.4, 0.5) is 0 Å². The lowest BCUT2D eigenvalue weighted by Crippen LogP contribution is -2.51. The molecule has 0 aliphatic heterocycles. The monoisotopic (exact) mass is 358 g/mol. The minimum absolute atomic E-state index is 0.120. The zero-order valence-corrected chi connectivity index (χ0v) is 14.6. The van der Waals surface area contributed by atoms with Gasteiger partial charge in [-0.1, -0.05) is 48.5 Å². The SMILES string of the molecule is CCOC(COCC=O)(OCc1ccccc1)C(=O)Oc1ccccc1. The number of esters is 1. The first-order valence-corrected chi connectivity index (χ1v) is 8.30. The van der Waals surface area contributed by atoms with Crippen LogP contribution in [0, 0.1) is 0 Å². The number of ether oxygens (including phenoxy) is 4. The van der Waals surface area contributed by atoms with Crippen molar-refractivity contribution in [3.63, 3.8) is 0 Å². The van der Waals surface area contributed by atoms with Gasteiger partial charge >= 0.3 is 5.97 Å². The summed E-state index contributed by atoms with van der Waals surface area (Å²) in [7, 11) is 0. The number of hydrogen-bond donors (Lipinski definition) is 0. The Kier molecular flexibility index (Phi) is 7.95. The molecule has 26 heavy (non-hydrogen) atoms. The molecule has 0 fully saturated rings. The Bertz CT molecular complexity index is 673. The Balaban J connectivity index is 2.18. The minimum atomic E-state index is -1.77. The summed E-state index contributed by atoms with van der Waals surface area (Å²) in [6.45, 7) is 1.61. The van der Waals surface area contributed by atoms with E-state index >= 15 is 0 Å². The molecule has 0 radical (unpaired) electrons. The van der Waals surface area contributed by atoms with Gasteiger partial charge in [0.25, 0.3) is 5.79 Å². The summed E-state index contributed by atoms with van der Waals surface area (Å²) in [5.41, 5.74) is 0.861. The third kappa shape index (κ3) is 5.77. The highest BCUT2D eigenvalue weighted by molar-refractivity contribution is 5.80. The predicted octanol–water partition coefficient (Wildman–Crippen LogP) is 2.76. The van der Waals surface area contributed by atoms with Gasteiger partial charge in [-0.2, -0.15) is 0 Å². The fraction of sp³-hybridized carbons (Fsp3) is 0.300. The van der Waals surface area contributed by atoms with E-state index < -0.39 is 11.8 Å². The lowest BCUT2D eigenvalue weighted by Gasteiger charge is -2.30. The summed E-state index contributed by atoms with van der Waals surface area (Å²) in [4.78, 5) is 23.4. The molecule has 0 heterocycles. The van der Waals surface area contributed by atoms with Crippen molar-refractivity contribution in [3.05, 3.63) is 66.2 Å². The van der Waals surface area contributed by atoms with Crippen LogP contribution in [-0.2, 0) is 30.4 Å². The van der Waals surface area contributed by atoms with Crippen LogP contribution in [0.3, 0.4) is 0 Å². The molecule has 6 heteroatoms. The molecule has 1 unspecified atom stereocenters. The molecule has 1 atom stereocenters. The molecular formula is C20H22O6. The number of carbonyl (C=O) groups excluding carboxylic acids is 2. The maximum atomic E-state index is 12.8. The van der Waals surface area contributed by atoms with Gasteiger partial charge in [0.1, 0.15) is 25.2 Å². The molecule has 0 aliphatic rings. The Morgan fingerprint density at radius 3 is 2.27 bits per heavy atom. The first-order chi connectivity index (χ1) is 12.7. The number of rotatable bonds is 11. The standard InChI is InChI=1S/C20H22O6/c1-2-24-20(16-23-14-13-21,25-15-17-9-5-3-6-10-17)19(22)26-18-11-7-4-8-12-18/h3-13H,2,14-16H2,1H3. The molecule has 2 aromatic carbocycles. The van der Waals surface area contributed by atoms with Crippen molar-refractivity contribution >= 4 is 12.3 Å². The summed E-state index contributed by atoms with van der Waals surface area (Å²) in [6, 6.07) is 18.0. The number of carbonyl (C=O) groups is 2. The smallest absolute Gasteiger partial charge is 0.374 e. The molecule has 0 N–H and O–H groups in total. The quantitative estimate of drug-likeness (QED) is 0.202. The second kappa shape index (κ2) is 10.5. The third-order valence-electron chi connectivity index (χ3n) is 3.44. The van der Waals surface area contributed by atoms with Crippen molar-refractivity contribution in [3.8, 4) is 5.75 Å². The second-order valence-corrected chi connectivity index (χ2v) is 5.34. The summed E-state index contributed by atoms with van der Waals surface area (Å²) in [5.74, 6) is -2.16. The fourth-order valence-corrected chi connectivity index (χ4v) is 2.22. The lowest BCUT2D eigenvalue weighted by atomic mass is 10.2. The molecule has 0 bridgehead atoms. The maximum absolute atomic E-state index is 12.8. The highest BCUT2D eigenvalue weighted by Crippen LogP contribution is 2.21. The number of para-hydroxylation sites is 1. The maximum Gasteiger partial charge on any atom is 0.374 e. The molecule has 6 nitrogen and oxygen atoms in total. The van der Waals surface area contributed by atoms with Crippen LogP contribution in [-0.4, -0.2) is 37.9 Å². The van der Waals surface area contributed by atoms with Gasteiger partial charge in [-0.25, -0.2) is 4.79 Å². The van der Waals surface area contributed by atoms with E-state index in [9.17, 15) is 9.59 Å². The van der Waals surface area contributed by atoms with Gasteiger partial charge in [0, 0.05) is 6.61 Å². The lowest BCUT2D eigenvalue weighted by molar-refractivity contribution is -0.262. The molecule has 0 aliphatic carbocycles. The van der Waals surface area contributed by atoms with Gasteiger partial charge in [0.05, 0.1) is 6.61 Å². The first-order valence-electron chi connectivity index (χ1n) is 8.30. The average molecular weight is 358 g/mol. The summed E-state index contributed by atoms with van der Waals surface area (Å²) in [6.07, 6.45) is 0.594. The molecule has 0 saturated heterocycles.